The molecule has 100 valence electrons. The number of amides is 1. The molecule has 1 atom stereocenters. The fourth-order valence-corrected chi connectivity index (χ4v) is 2.69. The highest BCUT2D eigenvalue weighted by Gasteiger charge is 2.17. The molecule has 0 aromatic heterocycles. The molecule has 3 N–H and O–H groups in total. The molecule has 0 aliphatic heterocycles. The van der Waals surface area contributed by atoms with Crippen molar-refractivity contribution < 1.29 is 13.2 Å². The van der Waals surface area contributed by atoms with E-state index in [-0.39, 0.29) is 23.1 Å². The van der Waals surface area contributed by atoms with Gasteiger partial charge in [-0.3, -0.25) is 4.79 Å². The first-order valence-electron chi connectivity index (χ1n) is 5.73. The van der Waals surface area contributed by atoms with E-state index in [9.17, 15) is 13.2 Å². The second kappa shape index (κ2) is 5.86. The highest BCUT2D eigenvalue weighted by molar-refractivity contribution is 7.91. The third-order valence-electron chi connectivity index (χ3n) is 2.51. The lowest BCUT2D eigenvalue weighted by molar-refractivity contribution is -0.118. The van der Waals surface area contributed by atoms with Crippen LogP contribution in [-0.4, -0.2) is 26.1 Å². The monoisotopic (exact) mass is 270 g/mol. The SMILES string of the molecule is CCS(=O)(=O)c1ccccc1NC(C)CC(N)=O. The molecule has 18 heavy (non-hydrogen) atoms. The Morgan fingerprint density at radius 3 is 2.56 bits per heavy atom. The molecule has 6 heteroatoms. The Hall–Kier alpha value is -1.56. The molecule has 0 aliphatic carbocycles. The van der Waals surface area contributed by atoms with Gasteiger partial charge in [-0.25, -0.2) is 8.42 Å². The molecule has 0 saturated carbocycles. The number of nitrogens with two attached hydrogens (primary N) is 1. The van der Waals surface area contributed by atoms with Gasteiger partial charge in [-0.15, -0.1) is 0 Å². The van der Waals surface area contributed by atoms with E-state index in [0.717, 1.165) is 0 Å². The van der Waals surface area contributed by atoms with Gasteiger partial charge in [-0.1, -0.05) is 19.1 Å². The summed E-state index contributed by atoms with van der Waals surface area (Å²) in [6, 6.07) is 6.44. The van der Waals surface area contributed by atoms with Crippen LogP contribution in [-0.2, 0) is 14.6 Å². The first-order valence-corrected chi connectivity index (χ1v) is 7.38. The molecule has 1 rings (SSSR count). The molecule has 0 bridgehead atoms. The average molecular weight is 270 g/mol. The molecule has 1 amide bonds. The van der Waals surface area contributed by atoms with Crippen LogP contribution in [0.5, 0.6) is 0 Å². The van der Waals surface area contributed by atoms with Crippen molar-refractivity contribution in [2.24, 2.45) is 5.73 Å². The molecule has 0 fully saturated rings. The number of primary amides is 1. The van der Waals surface area contributed by atoms with Gasteiger partial charge in [-0.2, -0.15) is 0 Å². The van der Waals surface area contributed by atoms with Crippen LogP contribution in [0.3, 0.4) is 0 Å². The summed E-state index contributed by atoms with van der Waals surface area (Å²) in [5.41, 5.74) is 5.61. The van der Waals surface area contributed by atoms with Crippen LogP contribution >= 0.6 is 0 Å². The number of nitrogens with one attached hydrogen (secondary N) is 1. The summed E-state index contributed by atoms with van der Waals surface area (Å²) in [6.07, 6.45) is 0.153. The van der Waals surface area contributed by atoms with Crippen LogP contribution in [0.25, 0.3) is 0 Å². The zero-order valence-electron chi connectivity index (χ0n) is 10.5. The standard InChI is InChI=1S/C12H18N2O3S/c1-3-18(16,17)11-7-5-4-6-10(11)14-9(2)8-12(13)15/h4-7,9,14H,3,8H2,1-2H3,(H2,13,15). The van der Waals surface area contributed by atoms with Crippen LogP contribution < -0.4 is 11.1 Å². The molecule has 0 aliphatic rings. The largest absolute Gasteiger partial charge is 0.381 e. The summed E-state index contributed by atoms with van der Waals surface area (Å²) >= 11 is 0. The number of carbonyl (C=O) groups is 1. The van der Waals surface area contributed by atoms with Gasteiger partial charge in [0.1, 0.15) is 0 Å². The number of anilines is 1. The number of sulfone groups is 1. The number of rotatable bonds is 6. The molecule has 1 aromatic rings. The lowest BCUT2D eigenvalue weighted by Gasteiger charge is -2.16. The number of carbonyl (C=O) groups excluding carboxylic acids is 1. The number of para-hydroxylation sites is 1. The van der Waals surface area contributed by atoms with Gasteiger partial charge in [0.2, 0.25) is 5.91 Å². The van der Waals surface area contributed by atoms with Crippen molar-refractivity contribution in [1.82, 2.24) is 0 Å². The van der Waals surface area contributed by atoms with Gasteiger partial charge < -0.3 is 11.1 Å². The van der Waals surface area contributed by atoms with E-state index in [4.69, 9.17) is 5.73 Å². The Labute approximate surface area is 107 Å². The lowest BCUT2D eigenvalue weighted by atomic mass is 10.2. The number of hydrogen-bond acceptors (Lipinski definition) is 4. The molecular formula is C12H18N2O3S. The quantitative estimate of drug-likeness (QED) is 0.811. The van der Waals surface area contributed by atoms with Gasteiger partial charge in [0.05, 0.1) is 16.3 Å². The molecule has 0 spiro atoms. The molecule has 0 radical (unpaired) electrons. The van der Waals surface area contributed by atoms with Crippen molar-refractivity contribution >= 4 is 21.4 Å². The summed E-state index contributed by atoms with van der Waals surface area (Å²) in [4.78, 5) is 11.1. The summed E-state index contributed by atoms with van der Waals surface area (Å²) < 4.78 is 23.8. The molecule has 0 saturated heterocycles. The minimum Gasteiger partial charge on any atom is -0.381 e. The van der Waals surface area contributed by atoms with E-state index < -0.39 is 15.7 Å². The molecular weight excluding hydrogens is 252 g/mol. The van der Waals surface area contributed by atoms with Crippen LogP contribution in [0, 0.1) is 0 Å². The Balaban J connectivity index is 3.00. The normalized spacial score (nSPS) is 13.0. The van der Waals surface area contributed by atoms with Crippen molar-refractivity contribution in [2.75, 3.05) is 11.1 Å². The highest BCUT2D eigenvalue weighted by Crippen LogP contribution is 2.22. The summed E-state index contributed by atoms with van der Waals surface area (Å²) in [5, 5.41) is 3.00. The third kappa shape index (κ3) is 3.73. The summed E-state index contributed by atoms with van der Waals surface area (Å²) in [5.74, 6) is -0.388. The predicted octanol–water partition coefficient (Wildman–Crippen LogP) is 1.16. The smallest absolute Gasteiger partial charge is 0.219 e. The number of hydrogen-bond donors (Lipinski definition) is 2. The van der Waals surface area contributed by atoms with Crippen LogP contribution in [0.15, 0.2) is 29.2 Å². The van der Waals surface area contributed by atoms with E-state index in [2.05, 4.69) is 5.32 Å². The van der Waals surface area contributed by atoms with E-state index >= 15 is 0 Å². The minimum absolute atomic E-state index is 0.0376. The molecule has 1 aromatic carbocycles. The zero-order valence-corrected chi connectivity index (χ0v) is 11.3. The minimum atomic E-state index is -3.28. The molecule has 0 heterocycles. The fourth-order valence-electron chi connectivity index (χ4n) is 1.63. The maximum absolute atomic E-state index is 11.9. The maximum Gasteiger partial charge on any atom is 0.219 e. The lowest BCUT2D eigenvalue weighted by Crippen LogP contribution is -2.24. The van der Waals surface area contributed by atoms with Crippen LogP contribution in [0.4, 0.5) is 5.69 Å². The maximum atomic E-state index is 11.9. The van der Waals surface area contributed by atoms with Gasteiger partial charge >= 0.3 is 0 Å². The van der Waals surface area contributed by atoms with Crippen LogP contribution in [0.1, 0.15) is 20.3 Å². The summed E-state index contributed by atoms with van der Waals surface area (Å²) in [7, 11) is -3.28. The van der Waals surface area contributed by atoms with Gasteiger partial charge in [0, 0.05) is 12.5 Å². The predicted molar refractivity (Wildman–Crippen MR) is 71.1 cm³/mol. The molecule has 5 nitrogen and oxygen atoms in total. The second-order valence-corrected chi connectivity index (χ2v) is 6.36. The van der Waals surface area contributed by atoms with Crippen molar-refractivity contribution in [1.29, 1.82) is 0 Å². The topological polar surface area (TPSA) is 89.3 Å². The van der Waals surface area contributed by atoms with E-state index in [0.29, 0.717) is 5.69 Å². The highest BCUT2D eigenvalue weighted by atomic mass is 32.2. The Morgan fingerprint density at radius 1 is 1.39 bits per heavy atom. The number of benzene rings is 1. The zero-order chi connectivity index (χ0) is 13.8. The van der Waals surface area contributed by atoms with E-state index in [1.54, 1.807) is 38.1 Å². The van der Waals surface area contributed by atoms with E-state index in [1.165, 1.54) is 0 Å². The van der Waals surface area contributed by atoms with Crippen molar-refractivity contribution in [3.63, 3.8) is 0 Å². The average Bonchev–Trinajstić information content (AvgIpc) is 2.28. The van der Waals surface area contributed by atoms with E-state index in [1.807, 2.05) is 0 Å². The Bertz CT molecular complexity index is 526. The fraction of sp³-hybridized carbons (Fsp3) is 0.417. The van der Waals surface area contributed by atoms with Gasteiger partial charge in [0.25, 0.3) is 0 Å². The van der Waals surface area contributed by atoms with Gasteiger partial charge in [0.15, 0.2) is 9.84 Å². The third-order valence-corrected chi connectivity index (χ3v) is 4.30. The first kappa shape index (κ1) is 14.5. The molecule has 1 unspecified atom stereocenters. The van der Waals surface area contributed by atoms with Crippen LogP contribution in [0.2, 0.25) is 0 Å². The van der Waals surface area contributed by atoms with Crippen molar-refractivity contribution in [3.8, 4) is 0 Å². The van der Waals surface area contributed by atoms with Crippen molar-refractivity contribution in [3.05, 3.63) is 24.3 Å². The Kier molecular flexibility index (Phi) is 4.72. The first-order chi connectivity index (χ1) is 8.36. The van der Waals surface area contributed by atoms with Gasteiger partial charge in [-0.05, 0) is 19.1 Å². The second-order valence-electron chi connectivity index (χ2n) is 4.12. The Morgan fingerprint density at radius 2 is 2.00 bits per heavy atom. The van der Waals surface area contributed by atoms with Crippen molar-refractivity contribution in [2.45, 2.75) is 31.2 Å². The summed E-state index contributed by atoms with van der Waals surface area (Å²) in [6.45, 7) is 3.37.